The largest absolute Gasteiger partial charge is 0.496 e. The Morgan fingerprint density at radius 2 is 2.03 bits per heavy atom. The van der Waals surface area contributed by atoms with Crippen LogP contribution in [0.2, 0.25) is 0 Å². The number of likely N-dealkylation sites (tertiary alicyclic amines) is 1. The minimum atomic E-state index is 0.105. The number of amides is 1. The number of pyridine rings is 1. The molecule has 2 heterocycles. The Balaban J connectivity index is 1.61. The van der Waals surface area contributed by atoms with Crippen molar-refractivity contribution in [2.45, 2.75) is 53.7 Å². The van der Waals surface area contributed by atoms with E-state index in [4.69, 9.17) is 9.47 Å². The van der Waals surface area contributed by atoms with Gasteiger partial charge in [-0.2, -0.15) is 0 Å². The number of hydrogen-bond acceptors (Lipinski definition) is 5. The Morgan fingerprint density at radius 3 is 2.75 bits per heavy atom. The summed E-state index contributed by atoms with van der Waals surface area (Å²) in [7, 11) is 1.68. The number of ether oxygens (including phenoxy) is 2. The van der Waals surface area contributed by atoms with E-state index >= 15 is 0 Å². The third kappa shape index (κ3) is 5.80. The molecule has 1 atom stereocenters. The number of methoxy groups -OCH3 is 1. The molecule has 1 saturated heterocycles. The van der Waals surface area contributed by atoms with Crippen LogP contribution in [0.5, 0.6) is 11.5 Å². The summed E-state index contributed by atoms with van der Waals surface area (Å²) in [4.78, 5) is 21.7. The van der Waals surface area contributed by atoms with Crippen LogP contribution in [0, 0.1) is 19.8 Å². The van der Waals surface area contributed by atoms with Crippen LogP contribution in [0.1, 0.15) is 49.1 Å². The Hall–Kier alpha value is -2.60. The fourth-order valence-corrected chi connectivity index (χ4v) is 4.55. The minimum absolute atomic E-state index is 0.105. The molecule has 0 bridgehead atoms. The van der Waals surface area contributed by atoms with E-state index in [0.717, 1.165) is 73.9 Å². The van der Waals surface area contributed by atoms with Gasteiger partial charge in [0.2, 0.25) is 5.91 Å². The number of hydrogen-bond donors (Lipinski definition) is 0. The predicted octanol–water partition coefficient (Wildman–Crippen LogP) is 4.37. The van der Waals surface area contributed by atoms with Gasteiger partial charge >= 0.3 is 0 Å². The molecule has 174 valence electrons. The summed E-state index contributed by atoms with van der Waals surface area (Å²) in [6.07, 6.45) is 3.88. The molecule has 0 spiro atoms. The summed E-state index contributed by atoms with van der Waals surface area (Å²) in [6.45, 7) is 12.8. The van der Waals surface area contributed by atoms with Gasteiger partial charge in [-0.05, 0) is 64.8 Å². The van der Waals surface area contributed by atoms with Gasteiger partial charge in [0.05, 0.1) is 18.7 Å². The molecule has 1 aliphatic heterocycles. The molecule has 0 saturated carbocycles. The van der Waals surface area contributed by atoms with Crippen molar-refractivity contribution in [1.29, 1.82) is 0 Å². The maximum atomic E-state index is 12.8. The molecule has 3 rings (SSSR count). The van der Waals surface area contributed by atoms with Crippen LogP contribution in [0.15, 0.2) is 30.5 Å². The Kier molecular flexibility index (Phi) is 8.51. The molecule has 6 nitrogen and oxygen atoms in total. The van der Waals surface area contributed by atoms with Crippen molar-refractivity contribution < 1.29 is 14.3 Å². The number of carbonyl (C=O) groups excluding carboxylic acids is 1. The van der Waals surface area contributed by atoms with Gasteiger partial charge in [-0.25, -0.2) is 0 Å². The fourth-order valence-electron chi connectivity index (χ4n) is 4.55. The quantitative estimate of drug-likeness (QED) is 0.581. The molecule has 0 N–H and O–H groups in total. The first kappa shape index (κ1) is 24.1. The van der Waals surface area contributed by atoms with Crippen molar-refractivity contribution in [2.75, 3.05) is 33.3 Å². The van der Waals surface area contributed by atoms with E-state index in [1.54, 1.807) is 7.11 Å². The first-order chi connectivity index (χ1) is 15.5. The standard InChI is InChI=1S/C26H37N3O3/c1-6-29(7-2)26(30)22-11-9-13-28(17-22)16-21-10-8-12-23(14-21)32-18-24-20(4)25(31-5)19(3)15-27-24/h8,10,12,14-15,22H,6-7,9,11,13,16-18H2,1-5H3. The number of carbonyl (C=O) groups is 1. The molecule has 1 aliphatic rings. The highest BCUT2D eigenvalue weighted by Crippen LogP contribution is 2.26. The van der Waals surface area contributed by atoms with Gasteiger partial charge < -0.3 is 14.4 Å². The van der Waals surface area contributed by atoms with Crippen LogP contribution < -0.4 is 9.47 Å². The second-order valence-electron chi connectivity index (χ2n) is 8.57. The third-order valence-electron chi connectivity index (χ3n) is 6.36. The first-order valence-electron chi connectivity index (χ1n) is 11.7. The van der Waals surface area contributed by atoms with Crippen LogP contribution in [-0.4, -0.2) is 54.0 Å². The lowest BCUT2D eigenvalue weighted by Crippen LogP contribution is -2.44. The molecule has 0 radical (unpaired) electrons. The SMILES string of the molecule is CCN(CC)C(=O)C1CCCN(Cc2cccc(OCc3ncc(C)c(OC)c3C)c2)C1. The number of aromatic nitrogens is 1. The zero-order valence-corrected chi connectivity index (χ0v) is 20.2. The van der Waals surface area contributed by atoms with Crippen molar-refractivity contribution in [3.8, 4) is 11.5 Å². The lowest BCUT2D eigenvalue weighted by Gasteiger charge is -2.34. The highest BCUT2D eigenvalue weighted by atomic mass is 16.5. The number of piperidine rings is 1. The fraction of sp³-hybridized carbons (Fsp3) is 0.538. The van der Waals surface area contributed by atoms with Crippen LogP contribution >= 0.6 is 0 Å². The van der Waals surface area contributed by atoms with Crippen molar-refractivity contribution in [3.63, 3.8) is 0 Å². The van der Waals surface area contributed by atoms with Crippen molar-refractivity contribution >= 4 is 5.91 Å². The Labute approximate surface area is 192 Å². The van der Waals surface area contributed by atoms with E-state index in [1.165, 1.54) is 5.56 Å². The molecule has 1 fully saturated rings. The van der Waals surface area contributed by atoms with Crippen LogP contribution in [-0.2, 0) is 17.9 Å². The van der Waals surface area contributed by atoms with Gasteiger partial charge in [0, 0.05) is 43.5 Å². The second kappa shape index (κ2) is 11.3. The van der Waals surface area contributed by atoms with Gasteiger partial charge in [-0.1, -0.05) is 12.1 Å². The summed E-state index contributed by atoms with van der Waals surface area (Å²) in [5, 5.41) is 0. The zero-order chi connectivity index (χ0) is 23.1. The second-order valence-corrected chi connectivity index (χ2v) is 8.57. The highest BCUT2D eigenvalue weighted by molar-refractivity contribution is 5.79. The maximum absolute atomic E-state index is 12.8. The van der Waals surface area contributed by atoms with E-state index in [9.17, 15) is 4.79 Å². The van der Waals surface area contributed by atoms with E-state index in [2.05, 4.69) is 35.9 Å². The lowest BCUT2D eigenvalue weighted by molar-refractivity contribution is -0.137. The van der Waals surface area contributed by atoms with Crippen LogP contribution in [0.25, 0.3) is 0 Å². The topological polar surface area (TPSA) is 54.9 Å². The van der Waals surface area contributed by atoms with Crippen molar-refractivity contribution in [3.05, 3.63) is 52.8 Å². The van der Waals surface area contributed by atoms with E-state index < -0.39 is 0 Å². The average Bonchev–Trinajstić information content (AvgIpc) is 2.80. The molecule has 1 unspecified atom stereocenters. The van der Waals surface area contributed by atoms with Gasteiger partial charge in [0.25, 0.3) is 0 Å². The van der Waals surface area contributed by atoms with Crippen LogP contribution in [0.4, 0.5) is 0 Å². The molecular weight excluding hydrogens is 402 g/mol. The van der Waals surface area contributed by atoms with E-state index in [-0.39, 0.29) is 5.92 Å². The molecule has 1 aromatic heterocycles. The Bertz CT molecular complexity index is 911. The molecule has 2 aromatic rings. The summed E-state index contributed by atoms with van der Waals surface area (Å²) < 4.78 is 11.6. The summed E-state index contributed by atoms with van der Waals surface area (Å²) in [5.41, 5.74) is 4.12. The smallest absolute Gasteiger partial charge is 0.226 e. The highest BCUT2D eigenvalue weighted by Gasteiger charge is 2.28. The van der Waals surface area contributed by atoms with Crippen molar-refractivity contribution in [2.24, 2.45) is 5.92 Å². The predicted molar refractivity (Wildman–Crippen MR) is 127 cm³/mol. The molecule has 1 aromatic carbocycles. The zero-order valence-electron chi connectivity index (χ0n) is 20.2. The van der Waals surface area contributed by atoms with E-state index in [0.29, 0.717) is 12.5 Å². The van der Waals surface area contributed by atoms with Gasteiger partial charge in [0.15, 0.2) is 0 Å². The van der Waals surface area contributed by atoms with Gasteiger partial charge in [-0.3, -0.25) is 14.7 Å². The van der Waals surface area contributed by atoms with Gasteiger partial charge in [0.1, 0.15) is 18.1 Å². The lowest BCUT2D eigenvalue weighted by atomic mass is 9.96. The van der Waals surface area contributed by atoms with Crippen molar-refractivity contribution in [1.82, 2.24) is 14.8 Å². The van der Waals surface area contributed by atoms with Gasteiger partial charge in [-0.15, -0.1) is 0 Å². The Morgan fingerprint density at radius 1 is 1.25 bits per heavy atom. The van der Waals surface area contributed by atoms with Crippen LogP contribution in [0.3, 0.4) is 0 Å². The maximum Gasteiger partial charge on any atom is 0.226 e. The molecule has 6 heteroatoms. The number of rotatable bonds is 9. The summed E-state index contributed by atoms with van der Waals surface area (Å²) in [5.74, 6) is 2.10. The number of benzene rings is 1. The average molecular weight is 440 g/mol. The summed E-state index contributed by atoms with van der Waals surface area (Å²) >= 11 is 0. The summed E-state index contributed by atoms with van der Waals surface area (Å²) in [6, 6.07) is 8.23. The first-order valence-corrected chi connectivity index (χ1v) is 11.7. The van der Waals surface area contributed by atoms with E-state index in [1.807, 2.05) is 37.1 Å². The third-order valence-corrected chi connectivity index (χ3v) is 6.36. The molecular formula is C26H37N3O3. The molecule has 32 heavy (non-hydrogen) atoms. The monoisotopic (exact) mass is 439 g/mol. The number of nitrogens with zero attached hydrogens (tertiary/aromatic N) is 3. The molecule has 1 amide bonds. The number of aryl methyl sites for hydroxylation is 1. The minimum Gasteiger partial charge on any atom is -0.496 e. The normalized spacial score (nSPS) is 16.6. The molecule has 0 aliphatic carbocycles.